The van der Waals surface area contributed by atoms with Crippen molar-refractivity contribution >= 4 is 67.1 Å². The van der Waals surface area contributed by atoms with Gasteiger partial charge in [-0.25, -0.2) is 19.9 Å². The zero-order valence-corrected chi connectivity index (χ0v) is 45.2. The van der Waals surface area contributed by atoms with E-state index in [0.717, 1.165) is 149 Å². The van der Waals surface area contributed by atoms with E-state index in [9.17, 15) is 4.79 Å². The normalized spacial score (nSPS) is 13.2. The molecule has 0 atom stereocenters. The maximum atomic E-state index is 13.1. The number of fused-ring (bicyclic) bond motifs is 8. The smallest absolute Gasteiger partial charge is 1.00 e. The van der Waals surface area contributed by atoms with Crippen molar-refractivity contribution in [3.05, 3.63) is 93.7 Å². The SMILES string of the molecule is C.C.C.COc1cc2c(cc1-c1c(C)noc1C)[nH]c1nc(C)nc(-c3cc4n(c3C(C)C)CCN(C)C4)c12.COc1cc2c(cc1-c1c(C)noc1C)[nH]c1nc(C)nc(-c3cc4n(c3C(C)C)CCN(C)C4=O)c12.[AlH3].[H-].[Li+]. The summed E-state index contributed by atoms with van der Waals surface area (Å²) in [5, 5.41) is 12.2. The molecule has 12 rings (SSSR count). The molecule has 8 aromatic heterocycles. The molecule has 78 heavy (non-hydrogen) atoms. The summed E-state index contributed by atoms with van der Waals surface area (Å²) in [5.74, 6) is 5.00. The molecular formula is C59H78AlLiN12O5. The number of rotatable bonds is 8. The molecule has 2 aliphatic rings. The van der Waals surface area contributed by atoms with Crippen LogP contribution in [-0.4, -0.2) is 124 Å². The number of methoxy groups -OCH3 is 2. The summed E-state index contributed by atoms with van der Waals surface area (Å²) in [6.45, 7) is 24.9. The Morgan fingerprint density at radius 2 is 1.05 bits per heavy atom. The van der Waals surface area contributed by atoms with Gasteiger partial charge in [0.15, 0.2) is 17.4 Å². The van der Waals surface area contributed by atoms with E-state index in [4.69, 9.17) is 38.5 Å². The average molecular weight is 1070 g/mol. The number of hydrogen-bond donors (Lipinski definition) is 2. The zero-order chi connectivity index (χ0) is 51.5. The molecule has 2 aliphatic heterocycles. The van der Waals surface area contributed by atoms with Crippen molar-refractivity contribution in [2.45, 2.75) is 123 Å². The third kappa shape index (κ3) is 9.85. The van der Waals surface area contributed by atoms with Crippen LogP contribution in [0.1, 0.15) is 125 Å². The summed E-state index contributed by atoms with van der Waals surface area (Å²) >= 11 is 0. The van der Waals surface area contributed by atoms with Gasteiger partial charge < -0.3 is 43.9 Å². The van der Waals surface area contributed by atoms with E-state index in [2.05, 4.69) is 93.3 Å². The van der Waals surface area contributed by atoms with E-state index in [1.165, 1.54) is 17.0 Å². The van der Waals surface area contributed by atoms with Crippen LogP contribution in [0.15, 0.2) is 45.4 Å². The number of aromatic amines is 2. The monoisotopic (exact) mass is 1070 g/mol. The molecule has 2 aromatic carbocycles. The first-order chi connectivity index (χ1) is 35.0. The number of nitrogens with zero attached hydrogens (tertiary/aromatic N) is 10. The van der Waals surface area contributed by atoms with Crippen LogP contribution in [0, 0.1) is 41.5 Å². The van der Waals surface area contributed by atoms with Gasteiger partial charge in [-0.1, -0.05) is 60.3 Å². The first-order valence-corrected chi connectivity index (χ1v) is 25.0. The van der Waals surface area contributed by atoms with Gasteiger partial charge in [0.05, 0.1) is 58.9 Å². The Hall–Kier alpha value is -6.66. The second-order valence-electron chi connectivity index (χ2n) is 20.4. The minimum Gasteiger partial charge on any atom is -1.00 e. The van der Waals surface area contributed by atoms with Crippen LogP contribution < -0.4 is 28.3 Å². The molecule has 10 heterocycles. The van der Waals surface area contributed by atoms with E-state index >= 15 is 0 Å². The van der Waals surface area contributed by atoms with Crippen molar-refractivity contribution in [2.24, 2.45) is 0 Å². The summed E-state index contributed by atoms with van der Waals surface area (Å²) in [7, 11) is 7.40. The predicted octanol–water partition coefficient (Wildman–Crippen LogP) is 8.96. The first kappa shape index (κ1) is 60.6. The molecule has 2 N–H and O–H groups in total. The number of aryl methyl sites for hydroxylation is 6. The summed E-state index contributed by atoms with van der Waals surface area (Å²) in [6, 6.07) is 12.6. The van der Waals surface area contributed by atoms with Gasteiger partial charge in [0, 0.05) is 101 Å². The molecule has 17 nitrogen and oxygen atoms in total. The van der Waals surface area contributed by atoms with Gasteiger partial charge in [0.25, 0.3) is 5.91 Å². The number of ether oxygens (including phenoxy) is 2. The first-order valence-electron chi connectivity index (χ1n) is 25.0. The summed E-state index contributed by atoms with van der Waals surface area (Å²) in [4.78, 5) is 43.8. The Labute approximate surface area is 481 Å². The van der Waals surface area contributed by atoms with Crippen molar-refractivity contribution in [1.29, 1.82) is 0 Å². The second-order valence-corrected chi connectivity index (χ2v) is 20.4. The molecule has 1 amide bonds. The predicted molar refractivity (Wildman–Crippen MR) is 315 cm³/mol. The number of aromatic nitrogens is 10. The fraction of sp³-hybridized carbons (Fsp3) is 0.407. The van der Waals surface area contributed by atoms with Crippen molar-refractivity contribution < 1.29 is 43.6 Å². The number of amides is 1. The van der Waals surface area contributed by atoms with Crippen molar-refractivity contribution in [3.8, 4) is 56.3 Å². The van der Waals surface area contributed by atoms with Crippen LogP contribution in [0.25, 0.3) is 88.6 Å². The largest absolute Gasteiger partial charge is 1.00 e. The summed E-state index contributed by atoms with van der Waals surface area (Å²) in [5.41, 5.74) is 17.3. The Morgan fingerprint density at radius 3 is 1.49 bits per heavy atom. The fourth-order valence-corrected chi connectivity index (χ4v) is 11.5. The molecule has 10 aromatic rings. The Balaban J connectivity index is 0.000000270. The van der Waals surface area contributed by atoms with Crippen LogP contribution in [-0.2, 0) is 19.6 Å². The molecule has 0 unspecified atom stereocenters. The third-order valence-corrected chi connectivity index (χ3v) is 14.7. The van der Waals surface area contributed by atoms with Gasteiger partial charge in [-0.3, -0.25) is 9.69 Å². The van der Waals surface area contributed by atoms with Crippen LogP contribution in [0.4, 0.5) is 0 Å². The Kier molecular flexibility index (Phi) is 17.8. The number of carbonyl (C=O) groups is 1. The molecule has 0 aliphatic carbocycles. The Bertz CT molecular complexity index is 3840. The van der Waals surface area contributed by atoms with Gasteiger partial charge in [0.2, 0.25) is 0 Å². The molecule has 0 radical (unpaired) electrons. The summed E-state index contributed by atoms with van der Waals surface area (Å²) in [6.07, 6.45) is 0. The van der Waals surface area contributed by atoms with E-state index in [1.807, 2.05) is 60.7 Å². The number of H-pyrrole nitrogens is 2. The number of benzene rings is 2. The molecule has 0 fully saturated rings. The van der Waals surface area contributed by atoms with Gasteiger partial charge in [-0.05, 0) is 96.8 Å². The van der Waals surface area contributed by atoms with Gasteiger partial charge in [0.1, 0.15) is 51.7 Å². The van der Waals surface area contributed by atoms with E-state index in [-0.39, 0.29) is 71.8 Å². The standard InChI is InChI=1S/C28H30N6O3.C28H32N6O2.3CH4.Al.Li.4H/c1-13(2)26-19(11-21-28(35)33(6)8-9-34(21)26)25-24-17-12-22(36-7)18(23-14(3)32-37-15(23)4)10-20(17)31-27(24)30-16(5)29-25;1-14(2)27-21(10-18-13-33(6)8-9-34(18)27)26-25-19-12-23(35-7)20(24-15(3)32-36-16(24)4)11-22(19)31-28(25)30-17(5)29-26;;;;;;;;;/h10-13H,8-9H2,1-7H3,(H,29,30,31);10-12,14H,8-9,13H2,1-7H3,(H,29,30,31);3*1H4;;;;;;/q;;;;;;+1;;;;-1. The minimum absolute atomic E-state index is 0. The molecule has 408 valence electrons. The Morgan fingerprint density at radius 1 is 0.603 bits per heavy atom. The molecule has 0 saturated heterocycles. The van der Waals surface area contributed by atoms with Gasteiger partial charge in [-0.2, -0.15) is 0 Å². The second kappa shape index (κ2) is 23.0. The molecule has 0 spiro atoms. The molecule has 0 bridgehead atoms. The number of hydrogen-bond acceptors (Lipinski definition) is 12. The van der Waals surface area contributed by atoms with Gasteiger partial charge in [-0.15, -0.1) is 0 Å². The quantitative estimate of drug-likeness (QED) is 0.138. The topological polar surface area (TPSA) is 187 Å². The zero-order valence-electron chi connectivity index (χ0n) is 46.2. The molecule has 0 saturated carbocycles. The molecular weight excluding hydrogens is 991 g/mol. The average Bonchev–Trinajstić information content (AvgIpc) is 4.23. The third-order valence-electron chi connectivity index (χ3n) is 14.7. The van der Waals surface area contributed by atoms with Crippen LogP contribution >= 0.6 is 0 Å². The number of carbonyl (C=O) groups excluding carboxylic acids is 1. The fourth-order valence-electron chi connectivity index (χ4n) is 11.5. The van der Waals surface area contributed by atoms with E-state index in [0.29, 0.717) is 29.7 Å². The van der Waals surface area contributed by atoms with Crippen LogP contribution in [0.2, 0.25) is 0 Å². The minimum atomic E-state index is 0. The molecule has 19 heteroatoms. The number of likely N-dealkylation sites (N-methyl/N-ethyl adjacent to an activating group) is 2. The van der Waals surface area contributed by atoms with Crippen LogP contribution in [0.5, 0.6) is 11.5 Å². The van der Waals surface area contributed by atoms with Crippen molar-refractivity contribution in [2.75, 3.05) is 41.4 Å². The number of nitrogens with one attached hydrogen (secondary N) is 2. The van der Waals surface area contributed by atoms with Crippen molar-refractivity contribution in [3.63, 3.8) is 0 Å². The van der Waals surface area contributed by atoms with E-state index < -0.39 is 0 Å². The maximum absolute atomic E-state index is 13.1. The van der Waals surface area contributed by atoms with Crippen LogP contribution in [0.3, 0.4) is 0 Å². The van der Waals surface area contributed by atoms with Crippen molar-refractivity contribution in [1.82, 2.24) is 59.2 Å². The van der Waals surface area contributed by atoms with E-state index in [1.54, 1.807) is 19.1 Å². The van der Waals surface area contributed by atoms with Gasteiger partial charge >= 0.3 is 18.9 Å². The summed E-state index contributed by atoms with van der Waals surface area (Å²) < 4.78 is 27.3. The maximum Gasteiger partial charge on any atom is 1.00 e.